The molecule has 1 aromatic rings. The Morgan fingerprint density at radius 1 is 1.37 bits per heavy atom. The molecule has 1 amide bonds. The zero-order chi connectivity index (χ0) is 13.7. The van der Waals surface area contributed by atoms with Crippen LogP contribution in [-0.4, -0.2) is 24.1 Å². The van der Waals surface area contributed by atoms with Gasteiger partial charge in [-0.05, 0) is 49.5 Å². The number of piperidine rings is 1. The predicted molar refractivity (Wildman–Crippen MR) is 75.9 cm³/mol. The molecule has 1 heterocycles. The Kier molecular flexibility index (Phi) is 4.93. The molecule has 104 valence electrons. The summed E-state index contributed by atoms with van der Waals surface area (Å²) in [5, 5.41) is 16.5. The molecule has 4 heteroatoms. The van der Waals surface area contributed by atoms with E-state index >= 15 is 0 Å². The van der Waals surface area contributed by atoms with Gasteiger partial charge in [-0.15, -0.1) is 0 Å². The number of benzene rings is 1. The number of amides is 1. The Balaban J connectivity index is 1.98. The fourth-order valence-corrected chi connectivity index (χ4v) is 2.45. The number of hydrogen-bond donors (Lipinski definition) is 3. The van der Waals surface area contributed by atoms with Crippen LogP contribution in [0.4, 0.5) is 5.69 Å². The van der Waals surface area contributed by atoms with E-state index in [1.54, 1.807) is 0 Å². The van der Waals surface area contributed by atoms with Crippen molar-refractivity contribution in [3.05, 3.63) is 29.8 Å². The average molecular weight is 262 g/mol. The van der Waals surface area contributed by atoms with E-state index in [2.05, 4.69) is 10.6 Å². The van der Waals surface area contributed by atoms with E-state index in [-0.39, 0.29) is 5.91 Å². The molecule has 1 saturated heterocycles. The second kappa shape index (κ2) is 6.68. The minimum atomic E-state index is -0.405. The van der Waals surface area contributed by atoms with Gasteiger partial charge in [-0.3, -0.25) is 4.79 Å². The van der Waals surface area contributed by atoms with Crippen LogP contribution in [-0.2, 0) is 4.79 Å². The number of nitrogens with one attached hydrogen (secondary N) is 2. The van der Waals surface area contributed by atoms with Gasteiger partial charge in [0.1, 0.15) is 0 Å². The zero-order valence-corrected chi connectivity index (χ0v) is 11.4. The van der Waals surface area contributed by atoms with Gasteiger partial charge in [0.2, 0.25) is 5.91 Å². The van der Waals surface area contributed by atoms with Crippen molar-refractivity contribution in [1.82, 2.24) is 5.32 Å². The second-order valence-corrected chi connectivity index (χ2v) is 5.06. The Morgan fingerprint density at radius 3 is 2.58 bits per heavy atom. The van der Waals surface area contributed by atoms with Crippen LogP contribution < -0.4 is 10.6 Å². The molecule has 1 unspecified atom stereocenters. The standard InChI is InChI=1S/C15H22N2O2/c1-2-14(18)17-13-5-3-11(4-6-13)15(19)12-7-9-16-10-8-12/h3-6,12,15-16,19H,2,7-10H2,1H3,(H,17,18). The molecule has 1 aromatic carbocycles. The highest BCUT2D eigenvalue weighted by Crippen LogP contribution is 2.29. The highest BCUT2D eigenvalue weighted by molar-refractivity contribution is 5.90. The van der Waals surface area contributed by atoms with E-state index in [0.29, 0.717) is 12.3 Å². The van der Waals surface area contributed by atoms with Gasteiger partial charge >= 0.3 is 0 Å². The van der Waals surface area contributed by atoms with E-state index in [1.807, 2.05) is 31.2 Å². The van der Waals surface area contributed by atoms with Crippen LogP contribution in [0.5, 0.6) is 0 Å². The number of carbonyl (C=O) groups excluding carboxylic acids is 1. The Labute approximate surface area is 114 Å². The first-order valence-electron chi connectivity index (χ1n) is 6.99. The van der Waals surface area contributed by atoms with Crippen LogP contribution in [0.1, 0.15) is 37.9 Å². The number of rotatable bonds is 4. The van der Waals surface area contributed by atoms with Crippen LogP contribution in [0.2, 0.25) is 0 Å². The largest absolute Gasteiger partial charge is 0.388 e. The first kappa shape index (κ1) is 14.0. The zero-order valence-electron chi connectivity index (χ0n) is 11.4. The fraction of sp³-hybridized carbons (Fsp3) is 0.533. The van der Waals surface area contributed by atoms with Gasteiger partial charge in [-0.2, -0.15) is 0 Å². The van der Waals surface area contributed by atoms with Crippen molar-refractivity contribution in [3.63, 3.8) is 0 Å². The summed E-state index contributed by atoms with van der Waals surface area (Å²) in [4.78, 5) is 11.3. The molecule has 4 nitrogen and oxygen atoms in total. The lowest BCUT2D eigenvalue weighted by molar-refractivity contribution is -0.115. The maximum atomic E-state index is 11.3. The molecular formula is C15H22N2O2. The molecule has 3 N–H and O–H groups in total. The van der Waals surface area contributed by atoms with E-state index in [4.69, 9.17) is 0 Å². The summed E-state index contributed by atoms with van der Waals surface area (Å²) in [7, 11) is 0. The van der Waals surface area contributed by atoms with Gasteiger partial charge in [0.05, 0.1) is 6.10 Å². The van der Waals surface area contributed by atoms with Crippen LogP contribution in [0, 0.1) is 5.92 Å². The van der Waals surface area contributed by atoms with E-state index < -0.39 is 6.10 Å². The van der Waals surface area contributed by atoms with E-state index in [1.165, 1.54) is 0 Å². The van der Waals surface area contributed by atoms with Crippen molar-refractivity contribution in [1.29, 1.82) is 0 Å². The molecule has 0 aliphatic carbocycles. The summed E-state index contributed by atoms with van der Waals surface area (Å²) in [5.41, 5.74) is 1.72. The molecule has 2 rings (SSSR count). The normalized spacial score (nSPS) is 18.0. The van der Waals surface area contributed by atoms with E-state index in [9.17, 15) is 9.90 Å². The topological polar surface area (TPSA) is 61.4 Å². The Bertz CT molecular complexity index is 411. The van der Waals surface area contributed by atoms with Crippen molar-refractivity contribution < 1.29 is 9.90 Å². The van der Waals surface area contributed by atoms with Crippen LogP contribution >= 0.6 is 0 Å². The Hall–Kier alpha value is -1.39. The monoisotopic (exact) mass is 262 g/mol. The van der Waals surface area contributed by atoms with Crippen molar-refractivity contribution in [2.75, 3.05) is 18.4 Å². The summed E-state index contributed by atoms with van der Waals surface area (Å²) in [6, 6.07) is 7.51. The van der Waals surface area contributed by atoms with Crippen molar-refractivity contribution in [2.24, 2.45) is 5.92 Å². The second-order valence-electron chi connectivity index (χ2n) is 5.06. The molecule has 0 radical (unpaired) electrons. The maximum absolute atomic E-state index is 11.3. The van der Waals surface area contributed by atoms with Gasteiger partial charge in [0.15, 0.2) is 0 Å². The smallest absolute Gasteiger partial charge is 0.224 e. The van der Waals surface area contributed by atoms with Crippen molar-refractivity contribution in [2.45, 2.75) is 32.3 Å². The third-order valence-corrected chi connectivity index (χ3v) is 3.69. The predicted octanol–water partition coefficient (Wildman–Crippen LogP) is 2.07. The molecule has 0 bridgehead atoms. The molecule has 0 spiro atoms. The average Bonchev–Trinajstić information content (AvgIpc) is 2.48. The number of anilines is 1. The van der Waals surface area contributed by atoms with Gasteiger partial charge in [0, 0.05) is 12.1 Å². The first-order chi connectivity index (χ1) is 9.20. The number of aliphatic hydroxyl groups excluding tert-OH is 1. The number of carbonyl (C=O) groups is 1. The summed E-state index contributed by atoms with van der Waals surface area (Å²) >= 11 is 0. The molecule has 1 aliphatic heterocycles. The SMILES string of the molecule is CCC(=O)Nc1ccc(C(O)C2CCNCC2)cc1. The lowest BCUT2D eigenvalue weighted by atomic mass is 9.88. The molecule has 0 saturated carbocycles. The molecule has 19 heavy (non-hydrogen) atoms. The minimum absolute atomic E-state index is 0.00616. The van der Waals surface area contributed by atoms with E-state index in [0.717, 1.165) is 37.2 Å². The highest BCUT2D eigenvalue weighted by Gasteiger charge is 2.22. The summed E-state index contributed by atoms with van der Waals surface area (Å²) in [6.45, 7) is 3.78. The van der Waals surface area contributed by atoms with Crippen LogP contribution in [0.15, 0.2) is 24.3 Å². The van der Waals surface area contributed by atoms with Crippen molar-refractivity contribution >= 4 is 11.6 Å². The first-order valence-corrected chi connectivity index (χ1v) is 6.99. The summed E-state index contributed by atoms with van der Waals surface area (Å²) < 4.78 is 0. The van der Waals surface area contributed by atoms with Gasteiger partial charge in [-0.25, -0.2) is 0 Å². The lowest BCUT2D eigenvalue weighted by Crippen LogP contribution is -2.30. The highest BCUT2D eigenvalue weighted by atomic mass is 16.3. The number of aliphatic hydroxyl groups is 1. The third kappa shape index (κ3) is 3.78. The van der Waals surface area contributed by atoms with Crippen molar-refractivity contribution in [3.8, 4) is 0 Å². The minimum Gasteiger partial charge on any atom is -0.388 e. The Morgan fingerprint density at radius 2 is 2.00 bits per heavy atom. The molecule has 0 aromatic heterocycles. The van der Waals surface area contributed by atoms with Gasteiger partial charge in [0.25, 0.3) is 0 Å². The van der Waals surface area contributed by atoms with Crippen LogP contribution in [0.3, 0.4) is 0 Å². The summed E-state index contributed by atoms with van der Waals surface area (Å²) in [6.07, 6.45) is 2.09. The summed E-state index contributed by atoms with van der Waals surface area (Å²) in [5.74, 6) is 0.337. The molecule has 1 fully saturated rings. The lowest BCUT2D eigenvalue weighted by Gasteiger charge is -2.27. The van der Waals surface area contributed by atoms with Gasteiger partial charge in [-0.1, -0.05) is 19.1 Å². The fourth-order valence-electron chi connectivity index (χ4n) is 2.45. The van der Waals surface area contributed by atoms with Gasteiger partial charge < -0.3 is 15.7 Å². The molecular weight excluding hydrogens is 240 g/mol. The maximum Gasteiger partial charge on any atom is 0.224 e. The van der Waals surface area contributed by atoms with Crippen LogP contribution in [0.25, 0.3) is 0 Å². The third-order valence-electron chi connectivity index (χ3n) is 3.69. The molecule has 1 atom stereocenters. The quantitative estimate of drug-likeness (QED) is 0.778. The number of hydrogen-bond acceptors (Lipinski definition) is 3. The molecule has 1 aliphatic rings.